The molecule has 0 saturated carbocycles. The minimum atomic E-state index is -4.74. The zero-order valence-electron chi connectivity index (χ0n) is 22.2. The SMILES string of the molecule is O=C(CN1CCN(C(=O)CNCN2C=C=CN=CC2NCc2ccc(OC(F)(F)F)cc2)CC1)Nc1ccccn1. The number of carbonyl (C=O) groups excluding carboxylic acids is 2. The molecule has 1 saturated heterocycles. The number of aliphatic imine (C=N–C) groups is 1. The van der Waals surface area contributed by atoms with Gasteiger partial charge in [-0.1, -0.05) is 23.9 Å². The number of carbonyl (C=O) groups is 2. The van der Waals surface area contributed by atoms with Crippen LogP contribution in [0.15, 0.2) is 71.8 Å². The summed E-state index contributed by atoms with van der Waals surface area (Å²) in [6, 6.07) is 10.9. The maximum absolute atomic E-state index is 12.8. The van der Waals surface area contributed by atoms with Gasteiger partial charge in [0.05, 0.1) is 26.0 Å². The van der Waals surface area contributed by atoms with Crippen molar-refractivity contribution in [3.05, 3.63) is 72.4 Å². The van der Waals surface area contributed by atoms with Crippen molar-refractivity contribution in [2.45, 2.75) is 19.1 Å². The summed E-state index contributed by atoms with van der Waals surface area (Å²) in [6.07, 6.45) is 1.41. The highest BCUT2D eigenvalue weighted by molar-refractivity contribution is 5.91. The number of benzene rings is 1. The molecule has 4 rings (SSSR count). The maximum atomic E-state index is 12.8. The monoisotopic (exact) mass is 572 g/mol. The van der Waals surface area contributed by atoms with Crippen LogP contribution in [0.2, 0.25) is 0 Å². The number of hydrogen-bond acceptors (Lipinski definition) is 9. The van der Waals surface area contributed by atoms with E-state index >= 15 is 0 Å². The summed E-state index contributed by atoms with van der Waals surface area (Å²) in [7, 11) is 0. The van der Waals surface area contributed by atoms with E-state index in [1.165, 1.54) is 18.3 Å². The smallest absolute Gasteiger partial charge is 0.406 e. The molecule has 0 bridgehead atoms. The van der Waals surface area contributed by atoms with E-state index in [-0.39, 0.29) is 36.8 Å². The second-order valence-corrected chi connectivity index (χ2v) is 9.26. The van der Waals surface area contributed by atoms with Gasteiger partial charge in [0.2, 0.25) is 11.8 Å². The lowest BCUT2D eigenvalue weighted by Crippen LogP contribution is -2.53. The van der Waals surface area contributed by atoms with Gasteiger partial charge in [0, 0.05) is 51.3 Å². The Balaban J connectivity index is 1.17. The first kappa shape index (κ1) is 29.7. The van der Waals surface area contributed by atoms with Gasteiger partial charge < -0.3 is 19.9 Å². The van der Waals surface area contributed by atoms with Crippen LogP contribution in [-0.2, 0) is 16.1 Å². The molecule has 2 aromatic rings. The number of rotatable bonds is 11. The van der Waals surface area contributed by atoms with Crippen molar-refractivity contribution in [2.75, 3.05) is 51.3 Å². The third-order valence-corrected chi connectivity index (χ3v) is 6.24. The summed E-state index contributed by atoms with van der Waals surface area (Å²) in [5.74, 6) is 0.0250. The molecule has 1 atom stereocenters. The number of anilines is 1. The van der Waals surface area contributed by atoms with Crippen LogP contribution in [0.4, 0.5) is 19.0 Å². The summed E-state index contributed by atoms with van der Waals surface area (Å²) >= 11 is 0. The fourth-order valence-corrected chi connectivity index (χ4v) is 4.19. The van der Waals surface area contributed by atoms with Crippen LogP contribution in [0.5, 0.6) is 5.75 Å². The number of hydrogen-bond donors (Lipinski definition) is 3. The Morgan fingerprint density at radius 1 is 1.07 bits per heavy atom. The second kappa shape index (κ2) is 14.4. The Labute approximate surface area is 235 Å². The normalized spacial score (nSPS) is 17.4. The molecule has 2 aliphatic rings. The molecule has 1 unspecified atom stereocenters. The van der Waals surface area contributed by atoms with E-state index in [1.807, 2.05) is 9.80 Å². The Morgan fingerprint density at radius 2 is 1.85 bits per heavy atom. The van der Waals surface area contributed by atoms with Crippen molar-refractivity contribution in [3.63, 3.8) is 0 Å². The number of aromatic nitrogens is 1. The Hall–Kier alpha value is -4.23. The first-order valence-corrected chi connectivity index (χ1v) is 12.9. The van der Waals surface area contributed by atoms with E-state index in [2.05, 4.69) is 36.4 Å². The quantitative estimate of drug-likeness (QED) is 0.349. The van der Waals surface area contributed by atoms with Crippen molar-refractivity contribution >= 4 is 23.8 Å². The predicted octanol–water partition coefficient (Wildman–Crippen LogP) is 1.74. The fourth-order valence-electron chi connectivity index (χ4n) is 4.19. The number of piperazine rings is 1. The summed E-state index contributed by atoms with van der Waals surface area (Å²) in [4.78, 5) is 38.9. The van der Waals surface area contributed by atoms with E-state index in [1.54, 1.807) is 53.8 Å². The van der Waals surface area contributed by atoms with Gasteiger partial charge in [-0.2, -0.15) is 0 Å². The van der Waals surface area contributed by atoms with Crippen molar-refractivity contribution in [1.29, 1.82) is 0 Å². The zero-order valence-corrected chi connectivity index (χ0v) is 22.2. The van der Waals surface area contributed by atoms with Crippen molar-refractivity contribution < 1.29 is 27.5 Å². The summed E-state index contributed by atoms with van der Waals surface area (Å²) in [5, 5.41) is 9.19. The van der Waals surface area contributed by atoms with Crippen LogP contribution in [-0.4, -0.2) is 96.2 Å². The molecule has 2 amide bonds. The van der Waals surface area contributed by atoms with Gasteiger partial charge >= 0.3 is 6.36 Å². The lowest BCUT2D eigenvalue weighted by atomic mass is 10.2. The largest absolute Gasteiger partial charge is 0.573 e. The Bertz CT molecular complexity index is 1240. The molecule has 0 aliphatic carbocycles. The third-order valence-electron chi connectivity index (χ3n) is 6.24. The molecule has 2 aliphatic heterocycles. The van der Waals surface area contributed by atoms with Crippen LogP contribution in [0.1, 0.15) is 5.56 Å². The van der Waals surface area contributed by atoms with Crippen LogP contribution < -0.4 is 20.7 Å². The molecule has 3 N–H and O–H groups in total. The minimum absolute atomic E-state index is 0.0451. The first-order valence-electron chi connectivity index (χ1n) is 12.9. The maximum Gasteiger partial charge on any atom is 0.573 e. The third kappa shape index (κ3) is 10.0. The number of halogens is 3. The number of alkyl halides is 3. The van der Waals surface area contributed by atoms with Gasteiger partial charge in [-0.3, -0.25) is 30.1 Å². The number of nitrogens with one attached hydrogen (secondary N) is 3. The summed E-state index contributed by atoms with van der Waals surface area (Å²) < 4.78 is 41.0. The van der Waals surface area contributed by atoms with Gasteiger partial charge in [0.15, 0.2) is 0 Å². The molecule has 14 heteroatoms. The number of amides is 2. The van der Waals surface area contributed by atoms with Crippen molar-refractivity contribution in [2.24, 2.45) is 4.99 Å². The Morgan fingerprint density at radius 3 is 2.56 bits per heavy atom. The van der Waals surface area contributed by atoms with Crippen LogP contribution in [0.3, 0.4) is 0 Å². The molecule has 218 valence electrons. The van der Waals surface area contributed by atoms with Gasteiger partial charge in [-0.05, 0) is 29.8 Å². The van der Waals surface area contributed by atoms with E-state index in [9.17, 15) is 22.8 Å². The average Bonchev–Trinajstić information content (AvgIpc) is 3.17. The predicted molar refractivity (Wildman–Crippen MR) is 145 cm³/mol. The van der Waals surface area contributed by atoms with Crippen LogP contribution in [0, 0.1) is 0 Å². The molecule has 1 aromatic carbocycles. The molecule has 1 fully saturated rings. The number of nitrogens with zero attached hydrogens (tertiary/aromatic N) is 5. The highest BCUT2D eigenvalue weighted by Gasteiger charge is 2.31. The average molecular weight is 573 g/mol. The zero-order chi connectivity index (χ0) is 29.1. The van der Waals surface area contributed by atoms with E-state index in [0.717, 1.165) is 5.56 Å². The van der Waals surface area contributed by atoms with Crippen molar-refractivity contribution in [3.8, 4) is 5.75 Å². The van der Waals surface area contributed by atoms with Gasteiger partial charge in [0.25, 0.3) is 0 Å². The van der Waals surface area contributed by atoms with Crippen LogP contribution in [0.25, 0.3) is 0 Å². The number of ether oxygens (including phenoxy) is 1. The van der Waals surface area contributed by atoms with E-state index in [4.69, 9.17) is 0 Å². The molecule has 0 spiro atoms. The molecular formula is C27H31F3N8O3. The standard InChI is InChI=1S/C27H31F3N8O3/c28-27(29,30)41-22-7-5-21(6-8-22)16-34-24-17-31-9-3-11-38(24)20-32-18-26(40)37-14-12-36(13-15-37)19-25(39)35-23-4-1-2-10-33-23/h1-2,4-11,17,24,32,34H,12-16,18-20H2,(H,33,35,39). The Kier molecular flexibility index (Phi) is 10.5. The van der Waals surface area contributed by atoms with Gasteiger partial charge in [-0.25, -0.2) is 4.98 Å². The summed E-state index contributed by atoms with van der Waals surface area (Å²) in [6.45, 7) is 3.25. The minimum Gasteiger partial charge on any atom is -0.406 e. The second-order valence-electron chi connectivity index (χ2n) is 9.26. The molecule has 41 heavy (non-hydrogen) atoms. The number of pyridine rings is 1. The fraction of sp³-hybridized carbons (Fsp3) is 0.370. The molecule has 3 heterocycles. The lowest BCUT2D eigenvalue weighted by molar-refractivity contribution is -0.274. The molecule has 11 nitrogen and oxygen atoms in total. The van der Waals surface area contributed by atoms with Gasteiger partial charge in [-0.15, -0.1) is 13.2 Å². The molecule has 0 radical (unpaired) electrons. The molecular weight excluding hydrogens is 541 g/mol. The van der Waals surface area contributed by atoms with E-state index in [0.29, 0.717) is 45.2 Å². The molecule has 1 aromatic heterocycles. The highest BCUT2D eigenvalue weighted by Crippen LogP contribution is 2.22. The summed E-state index contributed by atoms with van der Waals surface area (Å²) in [5.41, 5.74) is 3.68. The van der Waals surface area contributed by atoms with Crippen molar-refractivity contribution in [1.82, 2.24) is 30.3 Å². The topological polar surface area (TPSA) is 114 Å². The lowest BCUT2D eigenvalue weighted by Gasteiger charge is -2.34. The van der Waals surface area contributed by atoms with E-state index < -0.39 is 6.36 Å². The van der Waals surface area contributed by atoms with Crippen LogP contribution >= 0.6 is 0 Å². The first-order chi connectivity index (χ1) is 19.7. The highest BCUT2D eigenvalue weighted by atomic mass is 19.4. The van der Waals surface area contributed by atoms with Gasteiger partial charge in [0.1, 0.15) is 17.7 Å².